The van der Waals surface area contributed by atoms with Crippen LogP contribution in [-0.4, -0.2) is 50.7 Å². The lowest BCUT2D eigenvalue weighted by Crippen LogP contribution is -2.32. The Bertz CT molecular complexity index is 163. The van der Waals surface area contributed by atoms with Crippen LogP contribution in [0.15, 0.2) is 0 Å². The third-order valence-corrected chi connectivity index (χ3v) is 1.89. The fraction of sp³-hybridized carbons (Fsp3) is 0.600. The van der Waals surface area contributed by atoms with E-state index in [4.69, 9.17) is 15.9 Å². The third kappa shape index (κ3) is 11.2. The highest BCUT2D eigenvalue weighted by Crippen LogP contribution is 2.00. The van der Waals surface area contributed by atoms with E-state index in [1.165, 1.54) is 0 Å². The summed E-state index contributed by atoms with van der Waals surface area (Å²) in [4.78, 5) is 20.0. The topological polar surface area (TPSA) is 164 Å². The van der Waals surface area contributed by atoms with Gasteiger partial charge in [-0.3, -0.25) is 9.59 Å². The molecule has 0 aliphatic rings. The summed E-state index contributed by atoms with van der Waals surface area (Å²) in [6.45, 7) is 0. The molecule has 0 saturated heterocycles. The normalized spacial score (nSPS) is 10.5. The monoisotopic (exact) mass is 215 g/mol. The number of nitrogens with two attached hydrogens (primary N) is 1. The van der Waals surface area contributed by atoms with Gasteiger partial charge in [0.15, 0.2) is 0 Å². The first-order chi connectivity index (χ1) is 5.04. The van der Waals surface area contributed by atoms with E-state index in [-0.39, 0.29) is 22.5 Å². The second kappa shape index (κ2) is 9.26. The van der Waals surface area contributed by atoms with E-state index in [1.54, 1.807) is 0 Å². The molecule has 8 N–H and O–H groups in total. The molecule has 1 atom stereocenters. The Kier molecular flexibility index (Phi) is 12.9. The predicted octanol–water partition coefficient (Wildman–Crippen LogP) is -2.43. The van der Waals surface area contributed by atoms with Gasteiger partial charge in [0.1, 0.15) is 6.04 Å². The molecule has 0 aromatic heterocycles. The number of carbonyl (C=O) groups is 2. The summed E-state index contributed by atoms with van der Waals surface area (Å²) in [7, 11) is 0. The van der Waals surface area contributed by atoms with E-state index in [0.29, 0.717) is 0 Å². The van der Waals surface area contributed by atoms with Crippen molar-refractivity contribution in [1.82, 2.24) is 0 Å². The molecule has 7 nitrogen and oxygen atoms in total. The van der Waals surface area contributed by atoms with Crippen LogP contribution in [0.3, 0.4) is 0 Å². The molecule has 0 amide bonds. The van der Waals surface area contributed by atoms with Gasteiger partial charge < -0.3 is 26.9 Å². The Morgan fingerprint density at radius 3 is 2.08 bits per heavy atom. The molecular weight excluding hydrogens is 202 g/mol. The van der Waals surface area contributed by atoms with E-state index in [1.807, 2.05) is 0 Å². The van der Waals surface area contributed by atoms with Crippen LogP contribution in [0.25, 0.3) is 0 Å². The van der Waals surface area contributed by atoms with Crippen molar-refractivity contribution >= 4 is 23.7 Å². The molecule has 0 heterocycles. The first kappa shape index (κ1) is 18.1. The maximum absolute atomic E-state index is 10.1. The van der Waals surface area contributed by atoms with E-state index >= 15 is 0 Å². The van der Waals surface area contributed by atoms with Gasteiger partial charge in [0, 0.05) is 5.75 Å². The first-order valence-corrected chi connectivity index (χ1v) is 3.97. The fourth-order valence-corrected chi connectivity index (χ4v) is 1.03. The molecule has 0 radical (unpaired) electrons. The molecule has 0 fully saturated rings. The van der Waals surface area contributed by atoms with Crippen molar-refractivity contribution in [2.24, 2.45) is 5.73 Å². The second-order valence-corrected chi connectivity index (χ2v) is 2.88. The zero-order valence-corrected chi connectivity index (χ0v) is 7.50. The summed E-state index contributed by atoms with van der Waals surface area (Å²) < 4.78 is 0. The van der Waals surface area contributed by atoms with Gasteiger partial charge in [0.25, 0.3) is 0 Å². The van der Waals surface area contributed by atoms with Crippen molar-refractivity contribution in [2.75, 3.05) is 11.5 Å². The number of aliphatic carboxylic acids is 2. The fourth-order valence-electron chi connectivity index (χ4n) is 0.344. The van der Waals surface area contributed by atoms with Crippen LogP contribution in [-0.2, 0) is 9.59 Å². The molecule has 8 heteroatoms. The predicted molar refractivity (Wildman–Crippen MR) is 47.8 cm³/mol. The highest BCUT2D eigenvalue weighted by atomic mass is 32.2. The van der Waals surface area contributed by atoms with Crippen molar-refractivity contribution < 1.29 is 30.8 Å². The van der Waals surface area contributed by atoms with Crippen molar-refractivity contribution in [1.29, 1.82) is 0 Å². The molecule has 0 rings (SSSR count). The van der Waals surface area contributed by atoms with Crippen LogP contribution >= 0.6 is 11.8 Å². The van der Waals surface area contributed by atoms with E-state index < -0.39 is 18.0 Å². The van der Waals surface area contributed by atoms with Crippen LogP contribution < -0.4 is 5.73 Å². The minimum Gasteiger partial charge on any atom is -0.481 e. The third-order valence-electron chi connectivity index (χ3n) is 0.840. The van der Waals surface area contributed by atoms with E-state index in [9.17, 15) is 9.59 Å². The van der Waals surface area contributed by atoms with Crippen molar-refractivity contribution in [3.8, 4) is 0 Å². The number of carboxylic acids is 2. The quantitative estimate of drug-likeness (QED) is 0.461. The Morgan fingerprint density at radius 2 is 1.77 bits per heavy atom. The average Bonchev–Trinajstić information content (AvgIpc) is 1.86. The Hall–Kier alpha value is -0.830. The molecular formula is C5H13NO6S. The number of rotatable bonds is 5. The molecule has 80 valence electrons. The van der Waals surface area contributed by atoms with Crippen LogP contribution in [0.5, 0.6) is 0 Å². The first-order valence-electron chi connectivity index (χ1n) is 2.82. The number of hydrogen-bond acceptors (Lipinski definition) is 4. The molecule has 0 aromatic carbocycles. The van der Waals surface area contributed by atoms with Gasteiger partial charge >= 0.3 is 11.9 Å². The number of thioether (sulfide) groups is 1. The van der Waals surface area contributed by atoms with Gasteiger partial charge in [-0.25, -0.2) is 0 Å². The summed E-state index contributed by atoms with van der Waals surface area (Å²) >= 11 is 0.992. The lowest BCUT2D eigenvalue weighted by Gasteiger charge is -2.02. The Labute approximate surface area is 78.5 Å². The number of hydrogen-bond donors (Lipinski definition) is 3. The minimum atomic E-state index is -1.11. The largest absolute Gasteiger partial charge is 0.481 e. The smallest absolute Gasteiger partial charge is 0.321 e. The highest BCUT2D eigenvalue weighted by molar-refractivity contribution is 8.00. The van der Waals surface area contributed by atoms with Crippen LogP contribution in [0.2, 0.25) is 0 Å². The zero-order chi connectivity index (χ0) is 8.85. The van der Waals surface area contributed by atoms with Crippen molar-refractivity contribution in [2.45, 2.75) is 6.04 Å². The van der Waals surface area contributed by atoms with Gasteiger partial charge in [0.05, 0.1) is 5.75 Å². The molecule has 0 aliphatic carbocycles. The van der Waals surface area contributed by atoms with Gasteiger partial charge in [-0.2, -0.15) is 0 Å². The lowest BCUT2D eigenvalue weighted by atomic mass is 10.4. The van der Waals surface area contributed by atoms with Gasteiger partial charge in [0.2, 0.25) is 0 Å². The average molecular weight is 215 g/mol. The molecule has 0 saturated carbocycles. The van der Waals surface area contributed by atoms with Gasteiger partial charge in [-0.1, -0.05) is 0 Å². The summed E-state index contributed by atoms with van der Waals surface area (Å²) in [5.74, 6) is -2.06. The summed E-state index contributed by atoms with van der Waals surface area (Å²) in [5.41, 5.74) is 5.09. The summed E-state index contributed by atoms with van der Waals surface area (Å²) in [5, 5.41) is 16.4. The Balaban J connectivity index is -0.000000500. The van der Waals surface area contributed by atoms with Gasteiger partial charge in [-0.15, -0.1) is 11.8 Å². The molecule has 0 unspecified atom stereocenters. The van der Waals surface area contributed by atoms with Crippen LogP contribution in [0.1, 0.15) is 0 Å². The van der Waals surface area contributed by atoms with Crippen LogP contribution in [0.4, 0.5) is 0 Å². The van der Waals surface area contributed by atoms with Crippen molar-refractivity contribution in [3.63, 3.8) is 0 Å². The van der Waals surface area contributed by atoms with Crippen molar-refractivity contribution in [3.05, 3.63) is 0 Å². The summed E-state index contributed by atoms with van der Waals surface area (Å²) in [6.07, 6.45) is 0. The highest BCUT2D eigenvalue weighted by Gasteiger charge is 2.11. The molecule has 0 bridgehead atoms. The van der Waals surface area contributed by atoms with E-state index in [2.05, 4.69) is 0 Å². The molecule has 0 spiro atoms. The van der Waals surface area contributed by atoms with Crippen LogP contribution in [0, 0.1) is 0 Å². The molecule has 13 heavy (non-hydrogen) atoms. The summed E-state index contributed by atoms with van der Waals surface area (Å²) in [6, 6.07) is -0.973. The van der Waals surface area contributed by atoms with Gasteiger partial charge in [-0.05, 0) is 0 Å². The minimum absolute atomic E-state index is 0. The Morgan fingerprint density at radius 1 is 1.31 bits per heavy atom. The molecule has 0 aliphatic heterocycles. The lowest BCUT2D eigenvalue weighted by molar-refractivity contribution is -0.138. The second-order valence-electron chi connectivity index (χ2n) is 1.85. The zero-order valence-electron chi connectivity index (χ0n) is 6.69. The molecule has 0 aromatic rings. The van der Waals surface area contributed by atoms with E-state index in [0.717, 1.165) is 11.8 Å². The number of carboxylic acid groups (broad SMARTS) is 2. The maximum Gasteiger partial charge on any atom is 0.321 e. The SMILES string of the molecule is N[C@@H](CSCC(=O)O)C(=O)O.O.O. The standard InChI is InChI=1S/C5H9NO4S.2H2O/c6-3(5(9)10)1-11-2-4(7)8;;/h3H,1-2,6H2,(H,7,8)(H,9,10);2*1H2/t3-;;/m0../s1. The maximum atomic E-state index is 10.1.